The number of aliphatic hydroxyl groups is 3. The molecule has 0 spiro atoms. The molecular formula is C29H38ClN3O7. The Morgan fingerprint density at radius 3 is 2.33 bits per heavy atom. The van der Waals surface area contributed by atoms with E-state index in [1.165, 1.54) is 11.0 Å². The summed E-state index contributed by atoms with van der Waals surface area (Å²) in [5, 5.41) is 45.3. The molecule has 0 bridgehead atoms. The Labute approximate surface area is 238 Å². The van der Waals surface area contributed by atoms with E-state index in [2.05, 4.69) is 32.6 Å². The first kappa shape index (κ1) is 30.0. The zero-order valence-corrected chi connectivity index (χ0v) is 24.6. The van der Waals surface area contributed by atoms with Crippen LogP contribution in [-0.4, -0.2) is 86.5 Å². The van der Waals surface area contributed by atoms with Gasteiger partial charge in [-0.1, -0.05) is 32.4 Å². The molecule has 1 aromatic rings. The molecule has 10 nitrogen and oxygen atoms in total. The van der Waals surface area contributed by atoms with Gasteiger partial charge in [-0.2, -0.15) is 0 Å². The van der Waals surface area contributed by atoms with Crippen LogP contribution >= 0.6 is 11.6 Å². The molecule has 0 saturated carbocycles. The van der Waals surface area contributed by atoms with E-state index in [9.17, 15) is 34.8 Å². The summed E-state index contributed by atoms with van der Waals surface area (Å²) in [6.07, 6.45) is 0.154. The number of phenolic OH excluding ortho intramolecular Hbond substituents is 1. The van der Waals surface area contributed by atoms with Gasteiger partial charge >= 0.3 is 0 Å². The number of Topliss-reactive ketones (excluding diaryl/α,β-unsaturated/α-hetero) is 2. The van der Waals surface area contributed by atoms with Gasteiger partial charge < -0.3 is 26.2 Å². The number of hydrogen-bond acceptors (Lipinski definition) is 9. The lowest BCUT2D eigenvalue weighted by atomic mass is 9.58. The predicted molar refractivity (Wildman–Crippen MR) is 149 cm³/mol. The van der Waals surface area contributed by atoms with Crippen molar-refractivity contribution in [2.24, 2.45) is 23.0 Å². The molecule has 0 unspecified atom stereocenters. The van der Waals surface area contributed by atoms with Crippen molar-refractivity contribution in [1.82, 2.24) is 9.80 Å². The fraction of sp³-hybridized carbons (Fsp3) is 0.552. The number of phenols is 1. The summed E-state index contributed by atoms with van der Waals surface area (Å²) in [5.74, 6) is -6.87. The summed E-state index contributed by atoms with van der Waals surface area (Å²) in [4.78, 5) is 42.9. The molecule has 0 fully saturated rings. The predicted octanol–water partition coefficient (Wildman–Crippen LogP) is 2.64. The van der Waals surface area contributed by atoms with E-state index >= 15 is 0 Å². The Morgan fingerprint density at radius 1 is 1.20 bits per heavy atom. The first-order valence-electron chi connectivity index (χ1n) is 13.2. The largest absolute Gasteiger partial charge is 0.510 e. The standard InChI is InChI=1S/C29H38ClN3O7/c1-12(28(2,3)4)33(7)11-14-10-17(34)19-15(21(14)30)8-13-9-16-22(32(5)6)24(36)20(27(31)39)26(38)29(16,40)25(37)18(13)23(19)35/h10,12-13,16,22,34,36-37,40H,8-9,11H2,1-7H3,(H2,31,39)/t12-,13+,16+,22+,29+/m1/s1. The van der Waals surface area contributed by atoms with E-state index in [0.717, 1.165) is 0 Å². The number of rotatable bonds is 5. The van der Waals surface area contributed by atoms with E-state index < -0.39 is 58.0 Å². The fourth-order valence-corrected chi connectivity index (χ4v) is 6.82. The smallest absolute Gasteiger partial charge is 0.255 e. The monoisotopic (exact) mass is 575 g/mol. The molecule has 40 heavy (non-hydrogen) atoms. The summed E-state index contributed by atoms with van der Waals surface area (Å²) in [6, 6.07) is 0.556. The molecule has 218 valence electrons. The summed E-state index contributed by atoms with van der Waals surface area (Å²) < 4.78 is 0. The van der Waals surface area contributed by atoms with Crippen LogP contribution in [0.25, 0.3) is 0 Å². The lowest BCUT2D eigenvalue weighted by molar-refractivity contribution is -0.148. The molecule has 6 N–H and O–H groups in total. The van der Waals surface area contributed by atoms with E-state index in [-0.39, 0.29) is 41.2 Å². The first-order valence-corrected chi connectivity index (χ1v) is 13.6. The SMILES string of the molecule is C[C@@H](N(C)Cc1cc(O)c2c(c1Cl)C[C@H]1C[C@H]3[C@H](N(C)C)C(O)=C(C(N)=O)C(=O)[C@@]3(O)C(O)=C1C2=O)C(C)(C)C. The zero-order chi connectivity index (χ0) is 30.2. The Kier molecular flexibility index (Phi) is 7.41. The summed E-state index contributed by atoms with van der Waals surface area (Å²) in [7, 11) is 5.13. The van der Waals surface area contributed by atoms with Gasteiger partial charge in [0.05, 0.1) is 11.6 Å². The van der Waals surface area contributed by atoms with Crippen LogP contribution in [0.5, 0.6) is 5.75 Å². The molecule has 4 rings (SSSR count). The highest BCUT2D eigenvalue weighted by atomic mass is 35.5. The number of halogens is 1. The van der Waals surface area contributed by atoms with Crippen LogP contribution in [0.1, 0.15) is 55.6 Å². The molecule has 1 aromatic carbocycles. The van der Waals surface area contributed by atoms with Gasteiger partial charge in [0, 0.05) is 29.1 Å². The number of primary amides is 1. The lowest BCUT2D eigenvalue weighted by Crippen LogP contribution is -2.63. The number of allylic oxidation sites excluding steroid dienone is 1. The number of likely N-dealkylation sites (N-methyl/N-ethyl adjacent to an activating group) is 1. The molecule has 0 aromatic heterocycles. The number of amides is 1. The van der Waals surface area contributed by atoms with Crippen molar-refractivity contribution in [2.75, 3.05) is 21.1 Å². The minimum Gasteiger partial charge on any atom is -0.510 e. The van der Waals surface area contributed by atoms with Crippen LogP contribution in [-0.2, 0) is 22.6 Å². The highest BCUT2D eigenvalue weighted by Gasteiger charge is 2.63. The Balaban J connectivity index is 1.85. The number of ketones is 2. The third kappa shape index (κ3) is 4.32. The number of benzene rings is 1. The Bertz CT molecular complexity index is 1380. The van der Waals surface area contributed by atoms with Crippen LogP contribution in [0.3, 0.4) is 0 Å². The molecule has 0 radical (unpaired) electrons. The number of hydrogen-bond donors (Lipinski definition) is 5. The maximum absolute atomic E-state index is 13.8. The third-order valence-corrected chi connectivity index (χ3v) is 9.54. The molecule has 1 amide bonds. The molecule has 5 atom stereocenters. The maximum Gasteiger partial charge on any atom is 0.255 e. The van der Waals surface area contributed by atoms with E-state index in [4.69, 9.17) is 17.3 Å². The highest BCUT2D eigenvalue weighted by molar-refractivity contribution is 6.33. The molecule has 3 aliphatic rings. The van der Waals surface area contributed by atoms with Gasteiger partial charge in [-0.25, -0.2) is 0 Å². The topological polar surface area (TPSA) is 165 Å². The molecule has 0 aliphatic heterocycles. The third-order valence-electron chi connectivity index (χ3n) is 9.07. The van der Waals surface area contributed by atoms with E-state index in [0.29, 0.717) is 22.7 Å². The van der Waals surface area contributed by atoms with Crippen LogP contribution in [0.4, 0.5) is 0 Å². The Morgan fingerprint density at radius 2 is 1.80 bits per heavy atom. The average Bonchev–Trinajstić information content (AvgIpc) is 2.82. The van der Waals surface area contributed by atoms with E-state index in [1.54, 1.807) is 14.1 Å². The van der Waals surface area contributed by atoms with Crippen LogP contribution in [0, 0.1) is 17.3 Å². The van der Waals surface area contributed by atoms with Gasteiger partial charge in [0.1, 0.15) is 22.8 Å². The van der Waals surface area contributed by atoms with Crippen LogP contribution in [0.15, 0.2) is 28.7 Å². The van der Waals surface area contributed by atoms with Gasteiger partial charge in [-0.15, -0.1) is 0 Å². The molecular weight excluding hydrogens is 538 g/mol. The van der Waals surface area contributed by atoms with Crippen molar-refractivity contribution in [1.29, 1.82) is 0 Å². The van der Waals surface area contributed by atoms with Crippen molar-refractivity contribution in [2.45, 2.75) is 64.8 Å². The van der Waals surface area contributed by atoms with Gasteiger partial charge in [0.15, 0.2) is 11.4 Å². The summed E-state index contributed by atoms with van der Waals surface area (Å²) in [6.45, 7) is 8.89. The van der Waals surface area contributed by atoms with E-state index in [1.807, 2.05) is 7.05 Å². The van der Waals surface area contributed by atoms with Crippen molar-refractivity contribution in [3.05, 3.63) is 50.4 Å². The first-order chi connectivity index (χ1) is 18.3. The van der Waals surface area contributed by atoms with Crippen LogP contribution < -0.4 is 5.73 Å². The molecule has 11 heteroatoms. The number of fused-ring (bicyclic) bond motifs is 3. The number of carbonyl (C=O) groups is 3. The minimum atomic E-state index is -2.67. The maximum atomic E-state index is 13.8. The number of aromatic hydroxyl groups is 1. The number of nitrogens with zero attached hydrogens (tertiary/aromatic N) is 2. The van der Waals surface area contributed by atoms with Crippen molar-refractivity contribution in [3.63, 3.8) is 0 Å². The summed E-state index contributed by atoms with van der Waals surface area (Å²) in [5.41, 5.74) is 2.60. The molecule has 0 saturated heterocycles. The quantitative estimate of drug-likeness (QED) is 0.332. The number of nitrogens with two attached hydrogens (primary N) is 1. The Hall–Kier alpha value is -2.92. The molecule has 0 heterocycles. The molecule has 3 aliphatic carbocycles. The van der Waals surface area contributed by atoms with Crippen LogP contribution in [0.2, 0.25) is 5.02 Å². The van der Waals surface area contributed by atoms with Gasteiger partial charge in [-0.3, -0.25) is 24.2 Å². The second-order valence-electron chi connectivity index (χ2n) is 12.6. The normalized spacial score (nSPS) is 27.6. The number of carbonyl (C=O) groups excluding carboxylic acids is 3. The minimum absolute atomic E-state index is 0.00798. The van der Waals surface area contributed by atoms with Gasteiger partial charge in [0.25, 0.3) is 5.91 Å². The highest BCUT2D eigenvalue weighted by Crippen LogP contribution is 2.53. The second-order valence-corrected chi connectivity index (χ2v) is 13.0. The lowest BCUT2D eigenvalue weighted by Gasteiger charge is -2.50. The summed E-state index contributed by atoms with van der Waals surface area (Å²) >= 11 is 6.86. The van der Waals surface area contributed by atoms with Crippen molar-refractivity contribution < 1.29 is 34.8 Å². The average molecular weight is 576 g/mol. The fourth-order valence-electron chi connectivity index (χ4n) is 6.54. The van der Waals surface area contributed by atoms with Crippen molar-refractivity contribution >= 4 is 29.1 Å². The number of aliphatic hydroxyl groups excluding tert-OH is 2. The second kappa shape index (κ2) is 9.87. The van der Waals surface area contributed by atoms with Gasteiger partial charge in [0.2, 0.25) is 5.78 Å². The van der Waals surface area contributed by atoms with Crippen molar-refractivity contribution in [3.8, 4) is 5.75 Å². The van der Waals surface area contributed by atoms with Gasteiger partial charge in [-0.05, 0) is 69.4 Å². The zero-order valence-electron chi connectivity index (χ0n) is 23.9.